The molecule has 4 heteroatoms. The fourth-order valence-corrected chi connectivity index (χ4v) is 2.72. The third-order valence-corrected chi connectivity index (χ3v) is 3.71. The summed E-state index contributed by atoms with van der Waals surface area (Å²) >= 11 is 0. The molecule has 0 aliphatic carbocycles. The van der Waals surface area contributed by atoms with E-state index >= 15 is 0 Å². The summed E-state index contributed by atoms with van der Waals surface area (Å²) in [6, 6.07) is 19.6. The van der Waals surface area contributed by atoms with E-state index in [-0.39, 0.29) is 5.57 Å². The number of para-hydroxylation sites is 2. The lowest BCUT2D eigenvalue weighted by molar-refractivity contribution is -0.109. The highest BCUT2D eigenvalue weighted by Gasteiger charge is 2.29. The Morgan fingerprint density at radius 1 is 0.727 bits per heavy atom. The second-order valence-electron chi connectivity index (χ2n) is 4.99. The average molecular weight is 292 g/mol. The predicted molar refractivity (Wildman–Crippen MR) is 86.7 cm³/mol. The Labute approximate surface area is 129 Å². The van der Waals surface area contributed by atoms with Crippen LogP contribution in [0.3, 0.4) is 0 Å². The Balaban J connectivity index is 2.09. The molecule has 0 bridgehead atoms. The lowest BCUT2D eigenvalue weighted by Gasteiger charge is -2.25. The van der Waals surface area contributed by atoms with Crippen LogP contribution in [0.4, 0.5) is 11.4 Å². The molecule has 0 saturated carbocycles. The van der Waals surface area contributed by atoms with Crippen LogP contribution in [0.15, 0.2) is 72.1 Å². The van der Waals surface area contributed by atoms with Crippen molar-refractivity contribution in [3.8, 4) is 0 Å². The van der Waals surface area contributed by atoms with Gasteiger partial charge in [0.25, 0.3) is 0 Å². The van der Waals surface area contributed by atoms with Gasteiger partial charge in [-0.1, -0.05) is 36.4 Å². The monoisotopic (exact) mass is 292 g/mol. The predicted octanol–water partition coefficient (Wildman–Crippen LogP) is 2.62. The Kier molecular flexibility index (Phi) is 4.01. The van der Waals surface area contributed by atoms with Crippen LogP contribution in [0.25, 0.3) is 0 Å². The SMILES string of the molecule is O=CC(C=O)=C1N(c2ccccc2)CCN1c1ccccc1. The van der Waals surface area contributed by atoms with Crippen molar-refractivity contribution in [1.82, 2.24) is 0 Å². The number of anilines is 2. The molecular weight excluding hydrogens is 276 g/mol. The minimum absolute atomic E-state index is 0.158. The molecule has 0 atom stereocenters. The molecule has 1 aliphatic heterocycles. The van der Waals surface area contributed by atoms with E-state index in [9.17, 15) is 9.59 Å². The fraction of sp³-hybridized carbons (Fsp3) is 0.111. The molecule has 3 rings (SSSR count). The van der Waals surface area contributed by atoms with Gasteiger partial charge in [-0.05, 0) is 24.3 Å². The van der Waals surface area contributed by atoms with Crippen molar-refractivity contribution < 1.29 is 9.59 Å². The Bertz CT molecular complexity index is 636. The van der Waals surface area contributed by atoms with Crippen molar-refractivity contribution in [2.45, 2.75) is 0 Å². The molecular formula is C18H16N2O2. The summed E-state index contributed by atoms with van der Waals surface area (Å²) < 4.78 is 0. The Morgan fingerprint density at radius 2 is 1.14 bits per heavy atom. The molecule has 1 heterocycles. The maximum atomic E-state index is 11.3. The molecule has 0 unspecified atom stereocenters. The number of aldehydes is 2. The number of benzene rings is 2. The molecule has 0 spiro atoms. The first kappa shape index (κ1) is 14.1. The summed E-state index contributed by atoms with van der Waals surface area (Å²) in [6.07, 6.45) is 1.25. The van der Waals surface area contributed by atoms with Gasteiger partial charge in [-0.3, -0.25) is 9.59 Å². The molecule has 1 fully saturated rings. The molecule has 0 N–H and O–H groups in total. The van der Waals surface area contributed by atoms with E-state index in [1.165, 1.54) is 0 Å². The lowest BCUT2D eigenvalue weighted by atomic mass is 10.2. The van der Waals surface area contributed by atoms with Crippen LogP contribution in [0.1, 0.15) is 0 Å². The molecule has 4 nitrogen and oxygen atoms in total. The van der Waals surface area contributed by atoms with Gasteiger partial charge in [-0.25, -0.2) is 0 Å². The molecule has 22 heavy (non-hydrogen) atoms. The highest BCUT2D eigenvalue weighted by Crippen LogP contribution is 2.31. The molecule has 1 aliphatic rings. The van der Waals surface area contributed by atoms with Crippen LogP contribution in [-0.2, 0) is 9.59 Å². The van der Waals surface area contributed by atoms with Crippen LogP contribution in [-0.4, -0.2) is 25.7 Å². The van der Waals surface area contributed by atoms with E-state index < -0.39 is 0 Å². The highest BCUT2D eigenvalue weighted by atomic mass is 16.1. The number of rotatable bonds is 4. The van der Waals surface area contributed by atoms with Gasteiger partial charge in [0, 0.05) is 24.5 Å². The summed E-state index contributed by atoms with van der Waals surface area (Å²) in [7, 11) is 0. The van der Waals surface area contributed by atoms with E-state index in [0.29, 0.717) is 18.4 Å². The summed E-state index contributed by atoms with van der Waals surface area (Å²) in [5, 5.41) is 0. The Hall–Kier alpha value is -2.88. The van der Waals surface area contributed by atoms with Crippen LogP contribution in [0.5, 0.6) is 0 Å². The molecule has 0 aromatic heterocycles. The summed E-state index contributed by atoms with van der Waals surface area (Å²) in [5.74, 6) is 0.641. The Morgan fingerprint density at radius 3 is 1.50 bits per heavy atom. The second kappa shape index (κ2) is 6.26. The second-order valence-corrected chi connectivity index (χ2v) is 4.99. The van der Waals surface area contributed by atoms with Crippen molar-refractivity contribution in [3.63, 3.8) is 0 Å². The first-order valence-corrected chi connectivity index (χ1v) is 7.15. The molecule has 2 aromatic rings. The van der Waals surface area contributed by atoms with Gasteiger partial charge in [0.1, 0.15) is 5.82 Å². The van der Waals surface area contributed by atoms with Gasteiger partial charge in [0.15, 0.2) is 12.6 Å². The number of nitrogens with zero attached hydrogens (tertiary/aromatic N) is 2. The maximum Gasteiger partial charge on any atom is 0.157 e. The number of carbonyl (C=O) groups is 2. The van der Waals surface area contributed by atoms with E-state index in [4.69, 9.17) is 0 Å². The van der Waals surface area contributed by atoms with E-state index in [1.807, 2.05) is 70.5 Å². The molecule has 0 amide bonds. The van der Waals surface area contributed by atoms with Crippen molar-refractivity contribution in [2.24, 2.45) is 0 Å². The highest BCUT2D eigenvalue weighted by molar-refractivity contribution is 6.02. The molecule has 1 saturated heterocycles. The van der Waals surface area contributed by atoms with Crippen molar-refractivity contribution in [1.29, 1.82) is 0 Å². The number of hydrogen-bond acceptors (Lipinski definition) is 4. The minimum Gasteiger partial charge on any atom is -0.325 e. The zero-order valence-corrected chi connectivity index (χ0v) is 12.1. The van der Waals surface area contributed by atoms with Crippen molar-refractivity contribution >= 4 is 23.9 Å². The average Bonchev–Trinajstić information content (AvgIpc) is 3.02. The maximum absolute atomic E-state index is 11.3. The molecule has 0 radical (unpaired) electrons. The lowest BCUT2D eigenvalue weighted by Crippen LogP contribution is -2.25. The van der Waals surface area contributed by atoms with Gasteiger partial charge in [0.2, 0.25) is 0 Å². The summed E-state index contributed by atoms with van der Waals surface area (Å²) in [5.41, 5.74) is 2.10. The van der Waals surface area contributed by atoms with Crippen molar-refractivity contribution in [3.05, 3.63) is 72.1 Å². The fourth-order valence-electron chi connectivity index (χ4n) is 2.72. The minimum atomic E-state index is 0.158. The largest absolute Gasteiger partial charge is 0.325 e. The summed E-state index contributed by atoms with van der Waals surface area (Å²) in [4.78, 5) is 26.7. The standard InChI is InChI=1S/C18H16N2O2/c21-13-15(14-22)18-19(16-7-3-1-4-8-16)11-12-20(18)17-9-5-2-6-10-17/h1-10,13-14H,11-12H2. The molecule has 2 aromatic carbocycles. The van der Waals surface area contributed by atoms with Crippen molar-refractivity contribution in [2.75, 3.05) is 22.9 Å². The van der Waals surface area contributed by atoms with E-state index in [0.717, 1.165) is 24.5 Å². The quantitative estimate of drug-likeness (QED) is 0.376. The third-order valence-electron chi connectivity index (χ3n) is 3.71. The first-order valence-electron chi connectivity index (χ1n) is 7.15. The normalized spacial score (nSPS) is 14.1. The van der Waals surface area contributed by atoms with Crippen LogP contribution in [0, 0.1) is 0 Å². The van der Waals surface area contributed by atoms with Gasteiger partial charge in [-0.15, -0.1) is 0 Å². The molecule has 110 valence electrons. The van der Waals surface area contributed by atoms with Gasteiger partial charge >= 0.3 is 0 Å². The van der Waals surface area contributed by atoms with E-state index in [1.54, 1.807) is 0 Å². The zero-order chi connectivity index (χ0) is 15.4. The van der Waals surface area contributed by atoms with Crippen LogP contribution >= 0.6 is 0 Å². The number of hydrogen-bond donors (Lipinski definition) is 0. The summed E-state index contributed by atoms with van der Waals surface area (Å²) in [6.45, 7) is 1.44. The van der Waals surface area contributed by atoms with Crippen LogP contribution in [0.2, 0.25) is 0 Å². The smallest absolute Gasteiger partial charge is 0.157 e. The van der Waals surface area contributed by atoms with E-state index in [2.05, 4.69) is 0 Å². The van der Waals surface area contributed by atoms with Crippen LogP contribution < -0.4 is 9.80 Å². The van der Waals surface area contributed by atoms with Gasteiger partial charge in [-0.2, -0.15) is 0 Å². The first-order chi connectivity index (χ1) is 10.8. The topological polar surface area (TPSA) is 40.6 Å². The van der Waals surface area contributed by atoms with Gasteiger partial charge in [0.05, 0.1) is 5.57 Å². The van der Waals surface area contributed by atoms with Gasteiger partial charge < -0.3 is 9.80 Å². The number of allylic oxidation sites excluding steroid dienone is 1. The zero-order valence-electron chi connectivity index (χ0n) is 12.1. The number of carbonyl (C=O) groups excluding carboxylic acids is 2. The third kappa shape index (κ3) is 2.51.